The lowest BCUT2D eigenvalue weighted by atomic mass is 10.0. The number of aromatic nitrogens is 5. The van der Waals surface area contributed by atoms with Gasteiger partial charge >= 0.3 is 6.09 Å². The Hall–Kier alpha value is -4.16. The molecule has 12 heteroatoms. The summed E-state index contributed by atoms with van der Waals surface area (Å²) in [5.74, 6) is 0.815. The van der Waals surface area contributed by atoms with Crippen LogP contribution in [0.1, 0.15) is 39.7 Å². The number of aliphatic hydroxyl groups is 1. The Kier molecular flexibility index (Phi) is 7.63. The van der Waals surface area contributed by atoms with E-state index < -0.39 is 11.7 Å². The first-order valence-corrected chi connectivity index (χ1v) is 13.3. The number of β-amino-alcohol motifs (C(OH)–C–C–N with tert-alkyl or cyclic N) is 1. The molecule has 0 aliphatic carbocycles. The summed E-state index contributed by atoms with van der Waals surface area (Å²) >= 11 is 0. The molecular weight excluding hydrogens is 512 g/mol. The fraction of sp³-hybridized carbons (Fsp3) is 0.429. The van der Waals surface area contributed by atoms with Gasteiger partial charge in [-0.25, -0.2) is 14.3 Å². The summed E-state index contributed by atoms with van der Waals surface area (Å²) in [4.78, 5) is 18.9. The van der Waals surface area contributed by atoms with E-state index in [-0.39, 0.29) is 6.61 Å². The standard InChI is InChI=1S/C28H36N8O4/c1-28(2,3)40-27(38)33-22-6-5-18(13-24(22)39-4)21-14-23(36-25(21)26(29)30-17-32-36)19-15-31-35(16-19)20-7-9-34(10-8-20)11-12-37/h5-6,13-17,20,37H,7-12H2,1-4H3,(H,33,38)(H2,29,30,32). The van der Waals surface area contributed by atoms with Crippen molar-refractivity contribution < 1.29 is 19.4 Å². The molecule has 212 valence electrons. The number of carbonyl (C=O) groups excluding carboxylic acids is 1. The van der Waals surface area contributed by atoms with Crippen LogP contribution in [0.4, 0.5) is 16.3 Å². The van der Waals surface area contributed by atoms with Crippen LogP contribution in [-0.4, -0.2) is 79.4 Å². The first-order chi connectivity index (χ1) is 19.2. The first-order valence-electron chi connectivity index (χ1n) is 13.3. The van der Waals surface area contributed by atoms with Crippen LogP contribution in [0.15, 0.2) is 43.0 Å². The second kappa shape index (κ2) is 11.1. The number of aliphatic hydroxyl groups excluding tert-OH is 1. The third-order valence-corrected chi connectivity index (χ3v) is 6.98. The minimum atomic E-state index is -0.623. The van der Waals surface area contributed by atoms with Crippen LogP contribution in [0.25, 0.3) is 27.9 Å². The molecule has 4 N–H and O–H groups in total. The van der Waals surface area contributed by atoms with Crippen LogP contribution < -0.4 is 15.8 Å². The average Bonchev–Trinajstić information content (AvgIpc) is 3.55. The van der Waals surface area contributed by atoms with Crippen molar-refractivity contribution >= 4 is 23.1 Å². The van der Waals surface area contributed by atoms with E-state index in [4.69, 9.17) is 15.2 Å². The van der Waals surface area contributed by atoms with Gasteiger partial charge in [-0.15, -0.1) is 0 Å². The summed E-state index contributed by atoms with van der Waals surface area (Å²) in [7, 11) is 1.54. The minimum Gasteiger partial charge on any atom is -0.495 e. The van der Waals surface area contributed by atoms with Crippen molar-refractivity contribution in [3.05, 3.63) is 43.0 Å². The van der Waals surface area contributed by atoms with E-state index in [1.807, 2.05) is 35.3 Å². The number of ether oxygens (including phenoxy) is 2. The Morgan fingerprint density at radius 1 is 1.18 bits per heavy atom. The van der Waals surface area contributed by atoms with Crippen molar-refractivity contribution in [3.63, 3.8) is 0 Å². The summed E-state index contributed by atoms with van der Waals surface area (Å²) in [6.45, 7) is 8.17. The molecule has 40 heavy (non-hydrogen) atoms. The summed E-state index contributed by atoms with van der Waals surface area (Å²) in [6, 6.07) is 7.79. The average molecular weight is 549 g/mol. The summed E-state index contributed by atoms with van der Waals surface area (Å²) in [5, 5.41) is 21.2. The van der Waals surface area contributed by atoms with Gasteiger partial charge in [-0.05, 0) is 57.4 Å². The van der Waals surface area contributed by atoms with E-state index in [1.54, 1.807) is 38.5 Å². The predicted octanol–water partition coefficient (Wildman–Crippen LogP) is 3.83. The SMILES string of the molecule is COc1cc(-c2cc(-c3cnn(C4CCN(CCO)CC4)c3)n3ncnc(N)c23)ccc1NC(=O)OC(C)(C)C. The number of likely N-dealkylation sites (tertiary alicyclic amines) is 1. The number of nitrogens with zero attached hydrogens (tertiary/aromatic N) is 6. The molecule has 0 radical (unpaired) electrons. The lowest BCUT2D eigenvalue weighted by molar-refractivity contribution is 0.0635. The highest BCUT2D eigenvalue weighted by Gasteiger charge is 2.23. The molecule has 12 nitrogen and oxygen atoms in total. The van der Waals surface area contributed by atoms with E-state index in [0.29, 0.717) is 35.4 Å². The molecule has 1 amide bonds. The summed E-state index contributed by atoms with van der Waals surface area (Å²) in [5.41, 5.74) is 10.3. The predicted molar refractivity (Wildman–Crippen MR) is 152 cm³/mol. The van der Waals surface area contributed by atoms with Gasteiger partial charge < -0.3 is 25.2 Å². The van der Waals surface area contributed by atoms with Gasteiger partial charge in [0.1, 0.15) is 23.2 Å². The molecule has 3 aromatic heterocycles. The number of hydrogen-bond acceptors (Lipinski definition) is 9. The number of fused-ring (bicyclic) bond motifs is 1. The van der Waals surface area contributed by atoms with E-state index in [0.717, 1.165) is 48.3 Å². The Morgan fingerprint density at radius 2 is 1.95 bits per heavy atom. The first kappa shape index (κ1) is 27.4. The number of nitrogen functional groups attached to an aromatic ring is 1. The molecule has 1 aliphatic heterocycles. The highest BCUT2D eigenvalue weighted by molar-refractivity contribution is 5.94. The Bertz CT molecular complexity index is 1500. The topological polar surface area (TPSA) is 145 Å². The maximum absolute atomic E-state index is 12.3. The molecule has 1 fully saturated rings. The largest absolute Gasteiger partial charge is 0.495 e. The molecule has 4 heterocycles. The van der Waals surface area contributed by atoms with Gasteiger partial charge in [-0.2, -0.15) is 10.2 Å². The van der Waals surface area contributed by atoms with Crippen LogP contribution in [0.3, 0.4) is 0 Å². The highest BCUT2D eigenvalue weighted by atomic mass is 16.6. The van der Waals surface area contributed by atoms with Gasteiger partial charge in [0.25, 0.3) is 0 Å². The van der Waals surface area contributed by atoms with Gasteiger partial charge in [-0.1, -0.05) is 6.07 Å². The quantitative estimate of drug-likeness (QED) is 0.314. The van der Waals surface area contributed by atoms with Crippen molar-refractivity contribution in [3.8, 4) is 28.1 Å². The van der Waals surface area contributed by atoms with Crippen molar-refractivity contribution in [1.82, 2.24) is 29.3 Å². The number of benzene rings is 1. The van der Waals surface area contributed by atoms with Gasteiger partial charge in [-0.3, -0.25) is 10.00 Å². The van der Waals surface area contributed by atoms with Crippen molar-refractivity contribution in [2.45, 2.75) is 45.3 Å². The zero-order chi connectivity index (χ0) is 28.4. The highest BCUT2D eigenvalue weighted by Crippen LogP contribution is 2.38. The molecule has 0 spiro atoms. The number of piperidine rings is 1. The van der Waals surface area contributed by atoms with E-state index >= 15 is 0 Å². The number of nitrogens with two attached hydrogens (primary N) is 1. The van der Waals surface area contributed by atoms with Gasteiger partial charge in [0, 0.05) is 37.0 Å². The number of anilines is 2. The zero-order valence-corrected chi connectivity index (χ0v) is 23.3. The Morgan fingerprint density at radius 3 is 2.65 bits per heavy atom. The second-order valence-corrected chi connectivity index (χ2v) is 10.9. The maximum atomic E-state index is 12.3. The molecule has 1 saturated heterocycles. The van der Waals surface area contributed by atoms with Gasteiger partial charge in [0.05, 0.1) is 37.3 Å². The number of methoxy groups -OCH3 is 1. The molecule has 0 unspecified atom stereocenters. The maximum Gasteiger partial charge on any atom is 0.412 e. The molecular formula is C28H36N8O4. The number of carbonyl (C=O) groups is 1. The van der Waals surface area contributed by atoms with Crippen molar-refractivity contribution in [2.24, 2.45) is 0 Å². The number of rotatable bonds is 7. The number of amides is 1. The Balaban J connectivity index is 1.46. The molecule has 1 aromatic carbocycles. The second-order valence-electron chi connectivity index (χ2n) is 10.9. The van der Waals surface area contributed by atoms with Crippen molar-refractivity contribution in [2.75, 3.05) is 44.4 Å². The Labute approximate surface area is 232 Å². The zero-order valence-electron chi connectivity index (χ0n) is 23.3. The molecule has 0 atom stereocenters. The molecule has 5 rings (SSSR count). The lowest BCUT2D eigenvalue weighted by Crippen LogP contribution is -2.36. The van der Waals surface area contributed by atoms with Crippen LogP contribution in [0.5, 0.6) is 5.75 Å². The van der Waals surface area contributed by atoms with E-state index in [9.17, 15) is 9.90 Å². The van der Waals surface area contributed by atoms with Gasteiger partial charge in [0.2, 0.25) is 0 Å². The third-order valence-electron chi connectivity index (χ3n) is 6.98. The number of hydrogen-bond donors (Lipinski definition) is 3. The normalized spacial score (nSPS) is 14.9. The summed E-state index contributed by atoms with van der Waals surface area (Å²) in [6.07, 6.45) is 6.71. The molecule has 1 aliphatic rings. The van der Waals surface area contributed by atoms with E-state index in [1.165, 1.54) is 6.33 Å². The smallest absolute Gasteiger partial charge is 0.412 e. The van der Waals surface area contributed by atoms with Gasteiger partial charge in [0.15, 0.2) is 5.82 Å². The summed E-state index contributed by atoms with van der Waals surface area (Å²) < 4.78 is 14.8. The lowest BCUT2D eigenvalue weighted by Gasteiger charge is -2.31. The number of nitrogens with one attached hydrogen (secondary N) is 1. The molecule has 4 aromatic rings. The van der Waals surface area contributed by atoms with Crippen molar-refractivity contribution in [1.29, 1.82) is 0 Å². The monoisotopic (exact) mass is 548 g/mol. The van der Waals surface area contributed by atoms with Crippen LogP contribution in [-0.2, 0) is 4.74 Å². The van der Waals surface area contributed by atoms with Crippen LogP contribution in [0, 0.1) is 0 Å². The third kappa shape index (κ3) is 5.73. The van der Waals surface area contributed by atoms with Crippen LogP contribution in [0.2, 0.25) is 0 Å². The van der Waals surface area contributed by atoms with Crippen LogP contribution >= 0.6 is 0 Å². The van der Waals surface area contributed by atoms with E-state index in [2.05, 4.69) is 25.4 Å². The minimum absolute atomic E-state index is 0.181. The molecule has 0 bridgehead atoms. The molecule has 0 saturated carbocycles. The fourth-order valence-corrected chi connectivity index (χ4v) is 5.09. The fourth-order valence-electron chi connectivity index (χ4n) is 5.09.